The van der Waals surface area contributed by atoms with Crippen LogP contribution in [0.2, 0.25) is 0 Å². The van der Waals surface area contributed by atoms with E-state index in [-0.39, 0.29) is 17.5 Å². The molecule has 0 bridgehead atoms. The average molecular weight is 259 g/mol. The lowest BCUT2D eigenvalue weighted by molar-refractivity contribution is -0.129. The molecule has 4 nitrogen and oxygen atoms in total. The summed E-state index contributed by atoms with van der Waals surface area (Å²) in [5.41, 5.74) is 0.738. The number of hydrogen-bond acceptors (Lipinski definition) is 3. The number of nitrogens with zero attached hydrogens (tertiary/aromatic N) is 3. The third kappa shape index (κ3) is 1.93. The Labute approximate surface area is 111 Å². The molecular formula is C14H14FN3O. The zero-order valence-electron chi connectivity index (χ0n) is 10.5. The second kappa shape index (κ2) is 4.54. The molecule has 1 aromatic carbocycles. The van der Waals surface area contributed by atoms with E-state index in [0.29, 0.717) is 31.7 Å². The van der Waals surface area contributed by atoms with Gasteiger partial charge in [-0.15, -0.1) is 0 Å². The van der Waals surface area contributed by atoms with Crippen molar-refractivity contribution < 1.29 is 9.18 Å². The molecule has 0 saturated carbocycles. The Balaban J connectivity index is 1.87. The zero-order valence-corrected chi connectivity index (χ0v) is 10.5. The maximum absolute atomic E-state index is 13.6. The predicted molar refractivity (Wildman–Crippen MR) is 68.1 cm³/mol. The number of fused-ring (bicyclic) bond motifs is 1. The van der Waals surface area contributed by atoms with Gasteiger partial charge in [0.25, 0.3) is 0 Å². The SMILES string of the molecule is N#Cc1c(F)cccc1N1CCN2C(=O)CCC2C1. The molecule has 1 aromatic rings. The highest BCUT2D eigenvalue weighted by atomic mass is 19.1. The van der Waals surface area contributed by atoms with E-state index in [1.807, 2.05) is 15.9 Å². The molecule has 19 heavy (non-hydrogen) atoms. The van der Waals surface area contributed by atoms with Gasteiger partial charge in [0.15, 0.2) is 0 Å². The summed E-state index contributed by atoms with van der Waals surface area (Å²) in [5, 5.41) is 9.08. The summed E-state index contributed by atoms with van der Waals surface area (Å²) >= 11 is 0. The maximum Gasteiger partial charge on any atom is 0.223 e. The minimum absolute atomic E-state index is 0.0975. The van der Waals surface area contributed by atoms with Crippen LogP contribution >= 0.6 is 0 Å². The van der Waals surface area contributed by atoms with E-state index in [2.05, 4.69) is 0 Å². The Morgan fingerprint density at radius 1 is 1.37 bits per heavy atom. The smallest absolute Gasteiger partial charge is 0.223 e. The first-order valence-corrected chi connectivity index (χ1v) is 6.43. The molecule has 0 spiro atoms. The average Bonchev–Trinajstić information content (AvgIpc) is 2.79. The van der Waals surface area contributed by atoms with Crippen LogP contribution in [0.3, 0.4) is 0 Å². The lowest BCUT2D eigenvalue weighted by Gasteiger charge is -2.39. The number of piperazine rings is 1. The summed E-state index contributed by atoms with van der Waals surface area (Å²) in [5.74, 6) is -0.269. The topological polar surface area (TPSA) is 47.3 Å². The van der Waals surface area contributed by atoms with E-state index >= 15 is 0 Å². The fourth-order valence-electron chi connectivity index (χ4n) is 2.97. The molecule has 2 saturated heterocycles. The lowest BCUT2D eigenvalue weighted by atomic mass is 10.1. The monoisotopic (exact) mass is 259 g/mol. The van der Waals surface area contributed by atoms with Gasteiger partial charge >= 0.3 is 0 Å². The van der Waals surface area contributed by atoms with E-state index in [4.69, 9.17) is 5.26 Å². The fraction of sp³-hybridized carbons (Fsp3) is 0.429. The minimum Gasteiger partial charge on any atom is -0.367 e. The van der Waals surface area contributed by atoms with Gasteiger partial charge in [0, 0.05) is 32.1 Å². The van der Waals surface area contributed by atoms with Crippen molar-refractivity contribution in [3.8, 4) is 6.07 Å². The molecule has 3 rings (SSSR count). The quantitative estimate of drug-likeness (QED) is 0.768. The van der Waals surface area contributed by atoms with Gasteiger partial charge in [0.2, 0.25) is 5.91 Å². The zero-order chi connectivity index (χ0) is 13.4. The number of benzene rings is 1. The number of halogens is 1. The van der Waals surface area contributed by atoms with Gasteiger partial charge in [0.1, 0.15) is 17.4 Å². The Hall–Kier alpha value is -2.09. The van der Waals surface area contributed by atoms with Crippen molar-refractivity contribution in [1.82, 2.24) is 4.90 Å². The van der Waals surface area contributed by atoms with Gasteiger partial charge < -0.3 is 9.80 Å². The van der Waals surface area contributed by atoms with Crippen LogP contribution in [0.15, 0.2) is 18.2 Å². The summed E-state index contributed by atoms with van der Waals surface area (Å²) in [4.78, 5) is 15.5. The first-order chi connectivity index (χ1) is 9.20. The van der Waals surface area contributed by atoms with Crippen molar-refractivity contribution in [2.75, 3.05) is 24.5 Å². The van der Waals surface area contributed by atoms with Crippen LogP contribution in [0.1, 0.15) is 18.4 Å². The number of anilines is 1. The number of carbonyl (C=O) groups excluding carboxylic acids is 1. The Kier molecular flexibility index (Phi) is 2.86. The number of nitriles is 1. The van der Waals surface area contributed by atoms with Gasteiger partial charge in [-0.05, 0) is 18.6 Å². The van der Waals surface area contributed by atoms with Crippen molar-refractivity contribution in [3.05, 3.63) is 29.6 Å². The van der Waals surface area contributed by atoms with E-state index < -0.39 is 5.82 Å². The third-order valence-corrected chi connectivity index (χ3v) is 3.94. The standard InChI is InChI=1S/C14H14FN3O/c15-12-2-1-3-13(11(12)8-16)17-6-7-18-10(9-17)4-5-14(18)19/h1-3,10H,4-7,9H2. The minimum atomic E-state index is -0.482. The van der Waals surface area contributed by atoms with Crippen LogP contribution in [-0.4, -0.2) is 36.5 Å². The third-order valence-electron chi connectivity index (χ3n) is 3.94. The van der Waals surface area contributed by atoms with Crippen molar-refractivity contribution in [2.45, 2.75) is 18.9 Å². The Morgan fingerprint density at radius 2 is 2.21 bits per heavy atom. The van der Waals surface area contributed by atoms with Gasteiger partial charge in [-0.25, -0.2) is 4.39 Å². The predicted octanol–water partition coefficient (Wildman–Crippen LogP) is 1.51. The normalized spacial score (nSPS) is 22.3. The van der Waals surface area contributed by atoms with E-state index in [1.165, 1.54) is 6.07 Å². The summed E-state index contributed by atoms with van der Waals surface area (Å²) < 4.78 is 13.6. The van der Waals surface area contributed by atoms with Crippen LogP contribution in [0.25, 0.3) is 0 Å². The number of amides is 1. The van der Waals surface area contributed by atoms with Crippen LogP contribution in [0, 0.1) is 17.1 Å². The fourth-order valence-corrected chi connectivity index (χ4v) is 2.97. The number of carbonyl (C=O) groups is 1. The lowest BCUT2D eigenvalue weighted by Crippen LogP contribution is -2.51. The highest BCUT2D eigenvalue weighted by molar-refractivity contribution is 5.79. The largest absolute Gasteiger partial charge is 0.367 e. The van der Waals surface area contributed by atoms with Gasteiger partial charge in [-0.2, -0.15) is 5.26 Å². The molecule has 98 valence electrons. The van der Waals surface area contributed by atoms with E-state index in [1.54, 1.807) is 12.1 Å². The summed E-state index contributed by atoms with van der Waals surface area (Å²) in [7, 11) is 0. The highest BCUT2D eigenvalue weighted by Crippen LogP contribution is 2.29. The Morgan fingerprint density at radius 3 is 3.00 bits per heavy atom. The summed E-state index contributed by atoms with van der Waals surface area (Å²) in [6.07, 6.45) is 1.46. The first-order valence-electron chi connectivity index (χ1n) is 6.43. The van der Waals surface area contributed by atoms with Gasteiger partial charge in [-0.3, -0.25) is 4.79 Å². The molecular weight excluding hydrogens is 245 g/mol. The van der Waals surface area contributed by atoms with E-state index in [0.717, 1.165) is 6.42 Å². The molecule has 1 unspecified atom stereocenters. The highest BCUT2D eigenvalue weighted by Gasteiger charge is 2.36. The first kappa shape index (κ1) is 12.0. The molecule has 2 aliphatic rings. The molecule has 0 N–H and O–H groups in total. The van der Waals surface area contributed by atoms with Gasteiger partial charge in [-0.1, -0.05) is 6.07 Å². The molecule has 0 aliphatic carbocycles. The van der Waals surface area contributed by atoms with Crippen LogP contribution < -0.4 is 4.90 Å². The summed E-state index contributed by atoms with van der Waals surface area (Å²) in [6.45, 7) is 2.00. The van der Waals surface area contributed by atoms with Gasteiger partial charge in [0.05, 0.1) is 5.69 Å². The number of rotatable bonds is 1. The summed E-state index contributed by atoms with van der Waals surface area (Å²) in [6, 6.07) is 6.83. The molecule has 2 heterocycles. The molecule has 0 aromatic heterocycles. The molecule has 1 amide bonds. The van der Waals surface area contributed by atoms with Crippen molar-refractivity contribution in [1.29, 1.82) is 5.26 Å². The molecule has 5 heteroatoms. The Bertz CT molecular complexity index is 566. The van der Waals surface area contributed by atoms with Crippen molar-refractivity contribution in [2.24, 2.45) is 0 Å². The van der Waals surface area contributed by atoms with Crippen LogP contribution in [-0.2, 0) is 4.79 Å². The maximum atomic E-state index is 13.6. The molecule has 2 fully saturated rings. The van der Waals surface area contributed by atoms with Crippen molar-refractivity contribution in [3.63, 3.8) is 0 Å². The molecule has 2 aliphatic heterocycles. The second-order valence-electron chi connectivity index (χ2n) is 4.97. The van der Waals surface area contributed by atoms with E-state index in [9.17, 15) is 9.18 Å². The van der Waals surface area contributed by atoms with Crippen molar-refractivity contribution >= 4 is 11.6 Å². The number of hydrogen-bond donors (Lipinski definition) is 0. The van der Waals surface area contributed by atoms with Crippen LogP contribution in [0.4, 0.5) is 10.1 Å². The molecule has 0 radical (unpaired) electrons. The van der Waals surface area contributed by atoms with Crippen LogP contribution in [0.5, 0.6) is 0 Å². The second-order valence-corrected chi connectivity index (χ2v) is 4.97. The molecule has 1 atom stereocenters.